The predicted molar refractivity (Wildman–Crippen MR) is 74.5 cm³/mol. The summed E-state index contributed by atoms with van der Waals surface area (Å²) < 4.78 is 5.28. The summed E-state index contributed by atoms with van der Waals surface area (Å²) in [6.07, 6.45) is 4.49. The van der Waals surface area contributed by atoms with Crippen LogP contribution in [0.15, 0.2) is 4.52 Å². The van der Waals surface area contributed by atoms with Crippen LogP contribution in [-0.2, 0) is 4.79 Å². The number of hydrogen-bond donors (Lipinski definition) is 1. The highest BCUT2D eigenvalue weighted by atomic mass is 16.5. The first-order chi connectivity index (χ1) is 9.30. The van der Waals surface area contributed by atoms with Crippen molar-refractivity contribution in [2.75, 3.05) is 0 Å². The highest BCUT2D eigenvalue weighted by molar-refractivity contribution is 5.70. The van der Waals surface area contributed by atoms with Crippen LogP contribution in [-0.4, -0.2) is 21.2 Å². The van der Waals surface area contributed by atoms with Crippen molar-refractivity contribution in [3.05, 3.63) is 11.7 Å². The lowest BCUT2D eigenvalue weighted by molar-refractivity contribution is -0.141. The fraction of sp³-hybridized carbons (Fsp3) is 0.800. The van der Waals surface area contributed by atoms with Crippen molar-refractivity contribution in [2.24, 2.45) is 11.3 Å². The topological polar surface area (TPSA) is 76.2 Å². The van der Waals surface area contributed by atoms with Crippen molar-refractivity contribution in [2.45, 2.75) is 65.2 Å². The molecule has 0 aromatic carbocycles. The molecule has 2 unspecified atom stereocenters. The SMILES string of the molecule is CC(C(=O)O)C(C)c1nc(C2CCC(C)(C)CC2)no1. The van der Waals surface area contributed by atoms with Gasteiger partial charge in [0.1, 0.15) is 0 Å². The van der Waals surface area contributed by atoms with Crippen LogP contribution in [0.3, 0.4) is 0 Å². The highest BCUT2D eigenvalue weighted by Crippen LogP contribution is 2.41. The number of rotatable bonds is 4. The summed E-state index contributed by atoms with van der Waals surface area (Å²) in [7, 11) is 0. The summed E-state index contributed by atoms with van der Waals surface area (Å²) in [5, 5.41) is 13.1. The maximum absolute atomic E-state index is 11.0. The van der Waals surface area contributed by atoms with E-state index < -0.39 is 11.9 Å². The van der Waals surface area contributed by atoms with Crippen LogP contribution in [0.1, 0.15) is 76.9 Å². The van der Waals surface area contributed by atoms with E-state index in [-0.39, 0.29) is 5.92 Å². The first-order valence-corrected chi connectivity index (χ1v) is 7.36. The van der Waals surface area contributed by atoms with Crippen molar-refractivity contribution in [1.29, 1.82) is 0 Å². The molecule has 0 aliphatic heterocycles. The second-order valence-corrected chi connectivity index (χ2v) is 6.84. The molecule has 1 aliphatic carbocycles. The molecule has 1 N–H and O–H groups in total. The summed E-state index contributed by atoms with van der Waals surface area (Å²) >= 11 is 0. The summed E-state index contributed by atoms with van der Waals surface area (Å²) in [4.78, 5) is 15.4. The van der Waals surface area contributed by atoms with E-state index in [0.29, 0.717) is 17.2 Å². The van der Waals surface area contributed by atoms with Gasteiger partial charge in [-0.2, -0.15) is 4.98 Å². The minimum Gasteiger partial charge on any atom is -0.481 e. The van der Waals surface area contributed by atoms with E-state index >= 15 is 0 Å². The van der Waals surface area contributed by atoms with Crippen LogP contribution in [0.5, 0.6) is 0 Å². The maximum Gasteiger partial charge on any atom is 0.307 e. The highest BCUT2D eigenvalue weighted by Gasteiger charge is 2.32. The number of carbonyl (C=O) groups is 1. The van der Waals surface area contributed by atoms with Gasteiger partial charge in [0.05, 0.1) is 5.92 Å². The van der Waals surface area contributed by atoms with Crippen molar-refractivity contribution in [1.82, 2.24) is 10.1 Å². The van der Waals surface area contributed by atoms with E-state index in [1.165, 1.54) is 12.8 Å². The molecule has 1 aromatic heterocycles. The van der Waals surface area contributed by atoms with Crippen molar-refractivity contribution < 1.29 is 14.4 Å². The Kier molecular flexibility index (Phi) is 4.16. The summed E-state index contributed by atoms with van der Waals surface area (Å²) in [6, 6.07) is 0. The lowest BCUT2D eigenvalue weighted by Gasteiger charge is -2.32. The molecular formula is C15H24N2O3. The number of aliphatic carboxylic acids is 1. The zero-order valence-electron chi connectivity index (χ0n) is 12.7. The fourth-order valence-corrected chi connectivity index (χ4v) is 2.68. The van der Waals surface area contributed by atoms with Crippen LogP contribution in [0.25, 0.3) is 0 Å². The van der Waals surface area contributed by atoms with Crippen molar-refractivity contribution in [3.8, 4) is 0 Å². The average Bonchev–Trinajstić information content (AvgIpc) is 2.86. The number of nitrogens with zero attached hydrogens (tertiary/aromatic N) is 2. The third-order valence-electron chi connectivity index (χ3n) is 4.69. The Labute approximate surface area is 119 Å². The Morgan fingerprint density at radius 1 is 1.35 bits per heavy atom. The Hall–Kier alpha value is -1.39. The lowest BCUT2D eigenvalue weighted by Crippen LogP contribution is -2.21. The Morgan fingerprint density at radius 3 is 2.50 bits per heavy atom. The molecule has 0 amide bonds. The summed E-state index contributed by atoms with van der Waals surface area (Å²) in [5.41, 5.74) is 0.411. The largest absolute Gasteiger partial charge is 0.481 e. The van der Waals surface area contributed by atoms with Gasteiger partial charge in [0.2, 0.25) is 5.89 Å². The smallest absolute Gasteiger partial charge is 0.307 e. The monoisotopic (exact) mass is 280 g/mol. The van der Waals surface area contributed by atoms with Gasteiger partial charge in [0.15, 0.2) is 5.82 Å². The van der Waals surface area contributed by atoms with E-state index in [4.69, 9.17) is 9.63 Å². The molecule has 1 heterocycles. The number of carboxylic acid groups (broad SMARTS) is 1. The van der Waals surface area contributed by atoms with E-state index in [9.17, 15) is 4.79 Å². The van der Waals surface area contributed by atoms with Gasteiger partial charge in [-0.1, -0.05) is 32.9 Å². The second kappa shape index (κ2) is 5.54. The first kappa shape index (κ1) is 15.0. The molecule has 0 saturated heterocycles. The molecule has 1 aromatic rings. The minimum atomic E-state index is -0.836. The van der Waals surface area contributed by atoms with Gasteiger partial charge in [0, 0.05) is 11.8 Å². The number of carboxylic acids is 1. The van der Waals surface area contributed by atoms with Crippen molar-refractivity contribution in [3.63, 3.8) is 0 Å². The molecule has 0 radical (unpaired) electrons. The maximum atomic E-state index is 11.0. The molecule has 2 rings (SSSR count). The Morgan fingerprint density at radius 2 is 1.95 bits per heavy atom. The van der Waals surface area contributed by atoms with E-state index in [1.807, 2.05) is 6.92 Å². The normalized spacial score (nSPS) is 22.4. The molecule has 1 fully saturated rings. The minimum absolute atomic E-state index is 0.256. The average molecular weight is 280 g/mol. The van der Waals surface area contributed by atoms with Crippen LogP contribution >= 0.6 is 0 Å². The van der Waals surface area contributed by atoms with Gasteiger partial charge in [-0.05, 0) is 31.1 Å². The molecule has 0 bridgehead atoms. The van der Waals surface area contributed by atoms with Gasteiger partial charge >= 0.3 is 5.97 Å². The molecular weight excluding hydrogens is 256 g/mol. The van der Waals surface area contributed by atoms with Crippen LogP contribution < -0.4 is 0 Å². The third kappa shape index (κ3) is 3.19. The van der Waals surface area contributed by atoms with Crippen LogP contribution in [0.4, 0.5) is 0 Å². The molecule has 1 aliphatic rings. The Bertz CT molecular complexity index is 471. The molecule has 1 saturated carbocycles. The van der Waals surface area contributed by atoms with Crippen molar-refractivity contribution >= 4 is 5.97 Å². The standard InChI is InChI=1S/C15H24N2O3/c1-9(10(2)14(18)19)13-16-12(17-20-13)11-5-7-15(3,4)8-6-11/h9-11H,5-8H2,1-4H3,(H,18,19). The molecule has 5 nitrogen and oxygen atoms in total. The van der Waals surface area contributed by atoms with E-state index in [2.05, 4.69) is 24.0 Å². The summed E-state index contributed by atoms with van der Waals surface area (Å²) in [5.74, 6) is -0.0634. The number of aromatic nitrogens is 2. The summed E-state index contributed by atoms with van der Waals surface area (Å²) in [6.45, 7) is 8.07. The number of hydrogen-bond acceptors (Lipinski definition) is 4. The Balaban J connectivity index is 2.04. The van der Waals surface area contributed by atoms with Gasteiger partial charge in [-0.3, -0.25) is 4.79 Å². The van der Waals surface area contributed by atoms with Crippen LogP contribution in [0, 0.1) is 11.3 Å². The molecule has 112 valence electrons. The zero-order chi connectivity index (χ0) is 14.9. The van der Waals surface area contributed by atoms with E-state index in [0.717, 1.165) is 18.7 Å². The quantitative estimate of drug-likeness (QED) is 0.912. The van der Waals surface area contributed by atoms with Crippen LogP contribution in [0.2, 0.25) is 0 Å². The lowest BCUT2D eigenvalue weighted by atomic mass is 9.73. The molecule has 2 atom stereocenters. The molecule has 20 heavy (non-hydrogen) atoms. The van der Waals surface area contributed by atoms with Gasteiger partial charge in [0.25, 0.3) is 0 Å². The second-order valence-electron chi connectivity index (χ2n) is 6.84. The zero-order valence-corrected chi connectivity index (χ0v) is 12.7. The van der Waals surface area contributed by atoms with E-state index in [1.54, 1.807) is 6.92 Å². The molecule has 0 spiro atoms. The van der Waals surface area contributed by atoms with Gasteiger partial charge in [-0.25, -0.2) is 0 Å². The fourth-order valence-electron chi connectivity index (χ4n) is 2.68. The molecule has 5 heteroatoms. The first-order valence-electron chi connectivity index (χ1n) is 7.36. The van der Waals surface area contributed by atoms with Gasteiger partial charge in [-0.15, -0.1) is 0 Å². The third-order valence-corrected chi connectivity index (χ3v) is 4.69. The van der Waals surface area contributed by atoms with Gasteiger partial charge < -0.3 is 9.63 Å². The predicted octanol–water partition coefficient (Wildman–Crippen LogP) is 3.58.